The minimum absolute atomic E-state index is 0.0371. The minimum atomic E-state index is -4.52. The van der Waals surface area contributed by atoms with E-state index in [9.17, 15) is 18.0 Å². The monoisotopic (exact) mass is 431 g/mol. The van der Waals surface area contributed by atoms with Crippen LogP contribution in [0.15, 0.2) is 36.7 Å². The average molecular weight is 431 g/mol. The molecule has 2 atom stereocenters. The molecule has 0 spiro atoms. The topological polar surface area (TPSA) is 83.1 Å². The van der Waals surface area contributed by atoms with E-state index in [0.717, 1.165) is 30.0 Å². The highest BCUT2D eigenvalue weighted by molar-refractivity contribution is 5.88. The lowest BCUT2D eigenvalue weighted by Crippen LogP contribution is -2.52. The van der Waals surface area contributed by atoms with E-state index in [-0.39, 0.29) is 35.6 Å². The molecule has 1 aliphatic carbocycles. The second-order valence-corrected chi connectivity index (χ2v) is 7.73. The highest BCUT2D eigenvalue weighted by atomic mass is 19.4. The summed E-state index contributed by atoms with van der Waals surface area (Å²) in [5, 5.41) is 3.59. The molecule has 1 aliphatic heterocycles. The van der Waals surface area contributed by atoms with Gasteiger partial charge in [-0.3, -0.25) is 4.79 Å². The van der Waals surface area contributed by atoms with Gasteiger partial charge in [0.2, 0.25) is 5.91 Å². The van der Waals surface area contributed by atoms with Crippen molar-refractivity contribution in [3.8, 4) is 0 Å². The number of carbonyl (C=O) groups is 1. The summed E-state index contributed by atoms with van der Waals surface area (Å²) in [6, 6.07) is 8.43. The van der Waals surface area contributed by atoms with Crippen molar-refractivity contribution in [1.29, 1.82) is 0 Å². The Hall–Kier alpha value is -3.14. The van der Waals surface area contributed by atoms with Gasteiger partial charge < -0.3 is 19.9 Å². The first-order valence-electron chi connectivity index (χ1n) is 10.0. The Morgan fingerprint density at radius 2 is 2.06 bits per heavy atom. The lowest BCUT2D eigenvalue weighted by Gasteiger charge is -2.42. The number of benzene rings is 1. The van der Waals surface area contributed by atoms with Crippen LogP contribution in [0.2, 0.25) is 0 Å². The Kier molecular flexibility index (Phi) is 4.81. The maximum atomic E-state index is 13.2. The van der Waals surface area contributed by atoms with Crippen LogP contribution in [0.4, 0.5) is 19.0 Å². The number of rotatable bonds is 3. The van der Waals surface area contributed by atoms with Crippen molar-refractivity contribution in [3.63, 3.8) is 0 Å². The molecule has 1 fully saturated rings. The fourth-order valence-electron chi connectivity index (χ4n) is 4.49. The summed E-state index contributed by atoms with van der Waals surface area (Å²) in [4.78, 5) is 24.9. The number of hydrogen-bond acceptors (Lipinski definition) is 5. The normalized spacial score (nSPS) is 21.9. The van der Waals surface area contributed by atoms with Gasteiger partial charge in [-0.05, 0) is 30.0 Å². The Morgan fingerprint density at radius 3 is 2.87 bits per heavy atom. The van der Waals surface area contributed by atoms with E-state index in [1.807, 2.05) is 29.2 Å². The van der Waals surface area contributed by atoms with Crippen LogP contribution in [0.5, 0.6) is 0 Å². The van der Waals surface area contributed by atoms with Crippen LogP contribution in [0.3, 0.4) is 0 Å². The van der Waals surface area contributed by atoms with Crippen molar-refractivity contribution in [1.82, 2.24) is 19.9 Å². The molecule has 2 aromatic heterocycles. The van der Waals surface area contributed by atoms with Gasteiger partial charge in [0.25, 0.3) is 0 Å². The quantitative estimate of drug-likeness (QED) is 0.665. The van der Waals surface area contributed by atoms with Crippen molar-refractivity contribution < 1.29 is 22.7 Å². The van der Waals surface area contributed by atoms with Crippen LogP contribution in [0, 0.1) is 0 Å². The number of alkyl halides is 3. The van der Waals surface area contributed by atoms with Crippen molar-refractivity contribution in [3.05, 3.63) is 53.5 Å². The van der Waals surface area contributed by atoms with Crippen LogP contribution in [0.1, 0.15) is 29.3 Å². The Balaban J connectivity index is 1.56. The summed E-state index contributed by atoms with van der Waals surface area (Å²) in [6.07, 6.45) is -1.75. The molecule has 1 amide bonds. The van der Waals surface area contributed by atoms with Gasteiger partial charge in [0.15, 0.2) is 0 Å². The largest absolute Gasteiger partial charge is 0.431 e. The number of carbonyl (C=O) groups excluding carboxylic acids is 1. The van der Waals surface area contributed by atoms with Crippen molar-refractivity contribution in [2.75, 3.05) is 25.1 Å². The molecule has 0 radical (unpaired) electrons. The summed E-state index contributed by atoms with van der Waals surface area (Å²) in [5.41, 5.74) is 1.38. The Labute approximate surface area is 175 Å². The number of aryl methyl sites for hydroxylation is 1. The van der Waals surface area contributed by atoms with Gasteiger partial charge in [0.1, 0.15) is 30.1 Å². The second kappa shape index (κ2) is 7.52. The smallest absolute Gasteiger partial charge is 0.370 e. The third-order valence-electron chi connectivity index (χ3n) is 5.93. The zero-order valence-corrected chi connectivity index (χ0v) is 16.4. The van der Waals surface area contributed by atoms with E-state index < -0.39 is 11.9 Å². The number of halogens is 3. The van der Waals surface area contributed by atoms with Gasteiger partial charge in [-0.15, -0.1) is 0 Å². The van der Waals surface area contributed by atoms with Crippen LogP contribution in [-0.4, -0.2) is 51.6 Å². The number of aromatic nitrogens is 3. The van der Waals surface area contributed by atoms with Gasteiger partial charge >= 0.3 is 6.18 Å². The molecule has 2 N–H and O–H groups in total. The maximum Gasteiger partial charge on any atom is 0.431 e. The molecule has 3 heterocycles. The summed E-state index contributed by atoms with van der Waals surface area (Å²) in [5.74, 6) is 0.209. The molecule has 1 saturated heterocycles. The fourth-order valence-corrected chi connectivity index (χ4v) is 4.49. The third-order valence-corrected chi connectivity index (χ3v) is 5.93. The van der Waals surface area contributed by atoms with Gasteiger partial charge in [-0.25, -0.2) is 9.97 Å². The summed E-state index contributed by atoms with van der Waals surface area (Å²) >= 11 is 0. The second-order valence-electron chi connectivity index (χ2n) is 7.73. The van der Waals surface area contributed by atoms with E-state index in [1.54, 1.807) is 0 Å². The number of morpholine rings is 1. The van der Waals surface area contributed by atoms with Crippen molar-refractivity contribution in [2.24, 2.45) is 0 Å². The van der Waals surface area contributed by atoms with E-state index in [2.05, 4.69) is 20.3 Å². The van der Waals surface area contributed by atoms with E-state index >= 15 is 0 Å². The first kappa shape index (κ1) is 19.8. The number of fused-ring (bicyclic) bond motifs is 2. The maximum absolute atomic E-state index is 13.2. The highest BCUT2D eigenvalue weighted by Crippen LogP contribution is 2.38. The van der Waals surface area contributed by atoms with E-state index in [1.165, 1.54) is 6.33 Å². The number of aromatic amines is 1. The first-order chi connectivity index (χ1) is 14.9. The average Bonchev–Trinajstić information content (AvgIpc) is 3.21. The van der Waals surface area contributed by atoms with E-state index in [4.69, 9.17) is 4.74 Å². The molecule has 7 nitrogen and oxygen atoms in total. The number of nitrogens with one attached hydrogen (secondary N) is 2. The number of anilines is 1. The van der Waals surface area contributed by atoms with Crippen molar-refractivity contribution in [2.45, 2.75) is 31.1 Å². The van der Waals surface area contributed by atoms with Crippen LogP contribution in [-0.2, 0) is 22.1 Å². The van der Waals surface area contributed by atoms with Gasteiger partial charge in [0, 0.05) is 6.54 Å². The molecule has 0 saturated carbocycles. The molecule has 0 bridgehead atoms. The molecule has 1 aromatic carbocycles. The molecule has 31 heavy (non-hydrogen) atoms. The van der Waals surface area contributed by atoms with Crippen LogP contribution < -0.4 is 5.32 Å². The number of H-pyrrole nitrogens is 1. The molecular formula is C21H20F3N5O2. The minimum Gasteiger partial charge on any atom is -0.370 e. The van der Waals surface area contributed by atoms with Crippen LogP contribution in [0.25, 0.3) is 11.0 Å². The number of amides is 1. The molecule has 0 unspecified atom stereocenters. The molecule has 10 heteroatoms. The summed E-state index contributed by atoms with van der Waals surface area (Å²) < 4.78 is 44.9. The highest BCUT2D eigenvalue weighted by Gasteiger charge is 2.38. The lowest BCUT2D eigenvalue weighted by atomic mass is 9.83. The predicted molar refractivity (Wildman–Crippen MR) is 106 cm³/mol. The zero-order chi connectivity index (χ0) is 21.6. The predicted octanol–water partition coefficient (Wildman–Crippen LogP) is 3.30. The third kappa shape index (κ3) is 3.60. The van der Waals surface area contributed by atoms with Gasteiger partial charge in [0.05, 0.1) is 24.1 Å². The summed E-state index contributed by atoms with van der Waals surface area (Å²) in [6.45, 7) is 0.974. The molecule has 2 aliphatic rings. The number of nitrogens with zero attached hydrogens (tertiary/aromatic N) is 3. The number of ether oxygens (including phenoxy) is 1. The molecule has 162 valence electrons. The first-order valence-corrected chi connectivity index (χ1v) is 10.0. The van der Waals surface area contributed by atoms with Gasteiger partial charge in [-0.2, -0.15) is 13.2 Å². The van der Waals surface area contributed by atoms with Crippen LogP contribution >= 0.6 is 0 Å². The Morgan fingerprint density at radius 1 is 1.23 bits per heavy atom. The molecular weight excluding hydrogens is 411 g/mol. The Bertz CT molecular complexity index is 1130. The zero-order valence-electron chi connectivity index (χ0n) is 16.4. The van der Waals surface area contributed by atoms with Crippen molar-refractivity contribution >= 4 is 22.8 Å². The molecule has 3 aromatic rings. The lowest BCUT2D eigenvalue weighted by molar-refractivity contribution is -0.146. The summed E-state index contributed by atoms with van der Waals surface area (Å²) in [7, 11) is 0. The van der Waals surface area contributed by atoms with E-state index in [0.29, 0.717) is 19.0 Å². The SMILES string of the molecule is O=C1COCCN1[C@H]1CCc2ccccc2[C@@H]1Nc1ncnc2[nH]c(C(F)(F)F)cc12. The van der Waals surface area contributed by atoms with Gasteiger partial charge in [-0.1, -0.05) is 24.3 Å². The fraction of sp³-hybridized carbons (Fsp3) is 0.381. The number of hydrogen-bond donors (Lipinski definition) is 2. The molecule has 5 rings (SSSR count). The standard InChI is InChI=1S/C21H20F3N5O2/c22-21(23,24)16-9-14-19(27-16)25-11-26-20(14)28-18-13-4-2-1-3-12(13)5-6-15(18)29-7-8-31-10-17(29)30/h1-4,9,11,15,18H,5-8,10H2,(H2,25,26,27,28)/t15-,18-/m0/s1.